The second-order valence-electron chi connectivity index (χ2n) is 8.06. The average Bonchev–Trinajstić information content (AvgIpc) is 3.30. The molecule has 4 aromatic rings. The summed E-state index contributed by atoms with van der Waals surface area (Å²) >= 11 is 0. The van der Waals surface area contributed by atoms with Crippen molar-refractivity contribution in [2.45, 2.75) is 6.42 Å². The molecular weight excluding hydrogens is 438 g/mol. The molecular formula is C25H20F2N6O. The minimum absolute atomic E-state index is 0.0520. The number of carbonyl (C=O) groups excluding carboxylic acids is 1. The van der Waals surface area contributed by atoms with E-state index in [9.17, 15) is 13.6 Å². The standard InChI is InChI=1S/C25H20F2N6O/c1-32(2)23-13-22-21(12-18(23)17-7-4-8-19(26)25(17)27)30-24(34)14-20(29-22)15-5-3-6-16(11-15)33-10-9-28-31-33/h3-13H,14H2,1-2H3,(H,30,34). The van der Waals surface area contributed by atoms with Crippen molar-refractivity contribution in [2.75, 3.05) is 24.3 Å². The number of halogens is 2. The van der Waals surface area contributed by atoms with Crippen LogP contribution in [-0.4, -0.2) is 40.7 Å². The second-order valence-corrected chi connectivity index (χ2v) is 8.06. The minimum atomic E-state index is -0.945. The number of aromatic nitrogens is 3. The Kier molecular flexibility index (Phi) is 5.37. The number of amides is 1. The van der Waals surface area contributed by atoms with Gasteiger partial charge in [-0.3, -0.25) is 9.79 Å². The third-order valence-electron chi connectivity index (χ3n) is 5.56. The smallest absolute Gasteiger partial charge is 0.230 e. The molecule has 0 bridgehead atoms. The minimum Gasteiger partial charge on any atom is -0.377 e. The highest BCUT2D eigenvalue weighted by molar-refractivity contribution is 6.17. The fourth-order valence-corrected chi connectivity index (χ4v) is 3.94. The molecule has 0 aliphatic carbocycles. The zero-order valence-corrected chi connectivity index (χ0v) is 18.5. The van der Waals surface area contributed by atoms with Crippen molar-refractivity contribution in [1.82, 2.24) is 15.0 Å². The van der Waals surface area contributed by atoms with E-state index in [0.717, 1.165) is 17.3 Å². The molecule has 170 valence electrons. The molecule has 0 fully saturated rings. The van der Waals surface area contributed by atoms with Crippen LogP contribution in [0.25, 0.3) is 16.8 Å². The van der Waals surface area contributed by atoms with Crippen molar-refractivity contribution in [3.63, 3.8) is 0 Å². The Hall–Kier alpha value is -4.40. The maximum atomic E-state index is 14.6. The van der Waals surface area contributed by atoms with Crippen LogP contribution in [0.1, 0.15) is 12.0 Å². The molecule has 7 nitrogen and oxygen atoms in total. The molecule has 1 aromatic heterocycles. The fourth-order valence-electron chi connectivity index (χ4n) is 3.94. The van der Waals surface area contributed by atoms with Gasteiger partial charge in [-0.2, -0.15) is 0 Å². The van der Waals surface area contributed by atoms with Crippen LogP contribution in [0.15, 0.2) is 72.0 Å². The Labute approximate surface area is 194 Å². The summed E-state index contributed by atoms with van der Waals surface area (Å²) in [7, 11) is 3.62. The van der Waals surface area contributed by atoms with Crippen LogP contribution in [0.3, 0.4) is 0 Å². The highest BCUT2D eigenvalue weighted by Gasteiger charge is 2.22. The van der Waals surface area contributed by atoms with E-state index in [4.69, 9.17) is 4.99 Å². The Morgan fingerprint density at radius 1 is 1.03 bits per heavy atom. The molecule has 0 spiro atoms. The number of hydrogen-bond donors (Lipinski definition) is 1. The summed E-state index contributed by atoms with van der Waals surface area (Å²) in [5.41, 5.74) is 4.28. The monoisotopic (exact) mass is 458 g/mol. The van der Waals surface area contributed by atoms with Crippen molar-refractivity contribution in [3.8, 4) is 16.8 Å². The highest BCUT2D eigenvalue weighted by Crippen LogP contribution is 2.41. The first-order valence-electron chi connectivity index (χ1n) is 10.5. The number of aliphatic imine (C=N–C) groups is 1. The van der Waals surface area contributed by atoms with Gasteiger partial charge in [-0.05, 0) is 35.9 Å². The van der Waals surface area contributed by atoms with Crippen LogP contribution < -0.4 is 10.2 Å². The summed E-state index contributed by atoms with van der Waals surface area (Å²) in [5.74, 6) is -2.14. The lowest BCUT2D eigenvalue weighted by Crippen LogP contribution is -2.15. The summed E-state index contributed by atoms with van der Waals surface area (Å²) in [5, 5.41) is 10.7. The normalized spacial score (nSPS) is 13.1. The number of carbonyl (C=O) groups is 1. The first-order valence-corrected chi connectivity index (χ1v) is 10.5. The van der Waals surface area contributed by atoms with Gasteiger partial charge in [0.25, 0.3) is 0 Å². The number of nitrogens with one attached hydrogen (secondary N) is 1. The van der Waals surface area contributed by atoms with Gasteiger partial charge in [-0.15, -0.1) is 5.10 Å². The van der Waals surface area contributed by atoms with Crippen molar-refractivity contribution in [2.24, 2.45) is 4.99 Å². The number of fused-ring (bicyclic) bond motifs is 1. The number of hydrogen-bond acceptors (Lipinski definition) is 5. The van der Waals surface area contributed by atoms with Crippen molar-refractivity contribution >= 4 is 28.7 Å². The summed E-state index contributed by atoms with van der Waals surface area (Å²) in [6, 6.07) is 14.9. The molecule has 2 heterocycles. The molecule has 3 aromatic carbocycles. The number of benzene rings is 3. The van der Waals surface area contributed by atoms with Crippen molar-refractivity contribution < 1.29 is 13.6 Å². The second kappa shape index (κ2) is 8.51. The fraction of sp³-hybridized carbons (Fsp3) is 0.120. The van der Waals surface area contributed by atoms with Crippen molar-refractivity contribution in [3.05, 3.63) is 84.2 Å². The van der Waals surface area contributed by atoms with Gasteiger partial charge in [-0.25, -0.2) is 13.5 Å². The summed E-state index contributed by atoms with van der Waals surface area (Å²) < 4.78 is 30.2. The van der Waals surface area contributed by atoms with Crippen LogP contribution in [0.5, 0.6) is 0 Å². The predicted molar refractivity (Wildman–Crippen MR) is 127 cm³/mol. The molecule has 1 aliphatic rings. The zero-order chi connectivity index (χ0) is 23.8. The Morgan fingerprint density at radius 3 is 2.62 bits per heavy atom. The lowest BCUT2D eigenvalue weighted by Gasteiger charge is -2.20. The molecule has 0 radical (unpaired) electrons. The third kappa shape index (κ3) is 3.92. The van der Waals surface area contributed by atoms with Gasteiger partial charge < -0.3 is 10.2 Å². The first kappa shape index (κ1) is 21.4. The molecule has 0 saturated carbocycles. The predicted octanol–water partition coefficient (Wildman–Crippen LogP) is 4.74. The molecule has 1 aliphatic heterocycles. The number of nitrogens with zero attached hydrogens (tertiary/aromatic N) is 5. The summed E-state index contributed by atoms with van der Waals surface area (Å²) in [6.45, 7) is 0. The number of anilines is 2. The van der Waals surface area contributed by atoms with E-state index in [-0.39, 0.29) is 17.9 Å². The molecule has 1 N–H and O–H groups in total. The van der Waals surface area contributed by atoms with E-state index in [1.807, 2.05) is 38.4 Å². The van der Waals surface area contributed by atoms with Gasteiger partial charge in [0.05, 0.1) is 41.6 Å². The average molecular weight is 458 g/mol. The van der Waals surface area contributed by atoms with Gasteiger partial charge in [-0.1, -0.05) is 29.5 Å². The molecule has 1 amide bonds. The molecule has 34 heavy (non-hydrogen) atoms. The largest absolute Gasteiger partial charge is 0.377 e. The van der Waals surface area contributed by atoms with Gasteiger partial charge in [0.15, 0.2) is 11.6 Å². The highest BCUT2D eigenvalue weighted by atomic mass is 19.2. The van der Waals surface area contributed by atoms with Crippen LogP contribution >= 0.6 is 0 Å². The zero-order valence-electron chi connectivity index (χ0n) is 18.5. The summed E-state index contributed by atoms with van der Waals surface area (Å²) in [4.78, 5) is 19.4. The van der Waals surface area contributed by atoms with E-state index in [1.165, 1.54) is 12.1 Å². The van der Waals surface area contributed by atoms with Crippen LogP contribution in [0.4, 0.5) is 25.8 Å². The number of rotatable bonds is 4. The van der Waals surface area contributed by atoms with Crippen molar-refractivity contribution in [1.29, 1.82) is 0 Å². The quantitative estimate of drug-likeness (QED) is 0.479. The molecule has 9 heteroatoms. The molecule has 0 saturated heterocycles. The molecule has 0 atom stereocenters. The first-order chi connectivity index (χ1) is 16.4. The van der Waals surface area contributed by atoms with Gasteiger partial charge in [0.1, 0.15) is 0 Å². The van der Waals surface area contributed by atoms with Crippen LogP contribution in [-0.2, 0) is 4.79 Å². The lowest BCUT2D eigenvalue weighted by molar-refractivity contribution is -0.115. The maximum absolute atomic E-state index is 14.6. The lowest BCUT2D eigenvalue weighted by atomic mass is 10.0. The van der Waals surface area contributed by atoms with Gasteiger partial charge in [0.2, 0.25) is 5.91 Å². The topological polar surface area (TPSA) is 75.4 Å². The SMILES string of the molecule is CN(C)c1cc2c(cc1-c1cccc(F)c1F)NC(=O)CC(c1cccc(-n3ccnn3)c1)=N2. The maximum Gasteiger partial charge on any atom is 0.230 e. The van der Waals surface area contributed by atoms with Crippen LogP contribution in [0.2, 0.25) is 0 Å². The van der Waals surface area contributed by atoms with E-state index in [2.05, 4.69) is 15.6 Å². The Bertz CT molecular complexity index is 1430. The third-order valence-corrected chi connectivity index (χ3v) is 5.56. The van der Waals surface area contributed by atoms with Gasteiger partial charge >= 0.3 is 0 Å². The molecule has 5 rings (SSSR count). The van der Waals surface area contributed by atoms with Gasteiger partial charge in [0, 0.05) is 30.9 Å². The van der Waals surface area contributed by atoms with E-state index < -0.39 is 11.6 Å². The van der Waals surface area contributed by atoms with E-state index >= 15 is 0 Å². The Morgan fingerprint density at radius 2 is 1.85 bits per heavy atom. The Balaban J connectivity index is 1.65. The van der Waals surface area contributed by atoms with Crippen LogP contribution in [0, 0.1) is 11.6 Å². The molecule has 0 unspecified atom stereocenters. The van der Waals surface area contributed by atoms with E-state index in [1.54, 1.807) is 34.1 Å². The summed E-state index contributed by atoms with van der Waals surface area (Å²) in [6.07, 6.45) is 3.37. The van der Waals surface area contributed by atoms with E-state index in [0.29, 0.717) is 28.3 Å².